The molecule has 0 aliphatic heterocycles. The zero-order valence-electron chi connectivity index (χ0n) is 6.27. The summed E-state index contributed by atoms with van der Waals surface area (Å²) >= 11 is 0. The molecule has 9 heavy (non-hydrogen) atoms. The number of hydrogen-bond acceptors (Lipinski definition) is 0. The van der Waals surface area contributed by atoms with Gasteiger partial charge in [-0.1, -0.05) is 25.5 Å². The summed E-state index contributed by atoms with van der Waals surface area (Å²) in [6.45, 7) is 2.28. The number of rotatable bonds is 1. The van der Waals surface area contributed by atoms with E-state index in [1.165, 1.54) is 32.1 Å². The minimum Gasteiger partial charge on any atom is -0.0883 e. The van der Waals surface area contributed by atoms with Crippen molar-refractivity contribution in [2.24, 2.45) is 5.92 Å². The van der Waals surface area contributed by atoms with Crippen molar-refractivity contribution >= 4 is 0 Å². The van der Waals surface area contributed by atoms with Crippen LogP contribution in [0.4, 0.5) is 0 Å². The van der Waals surface area contributed by atoms with E-state index >= 15 is 0 Å². The molecule has 0 fully saturated rings. The molecule has 1 rings (SSSR count). The van der Waals surface area contributed by atoms with Crippen molar-refractivity contribution in [2.45, 2.75) is 39.0 Å². The lowest BCUT2D eigenvalue weighted by Crippen LogP contribution is -1.90. The first kappa shape index (κ1) is 6.85. The molecule has 0 heterocycles. The lowest BCUT2D eigenvalue weighted by Gasteiger charge is -2.04. The molecule has 0 saturated carbocycles. The predicted molar refractivity (Wildman–Crippen MR) is 41.4 cm³/mol. The summed E-state index contributed by atoms with van der Waals surface area (Å²) in [4.78, 5) is 0. The van der Waals surface area contributed by atoms with Crippen LogP contribution in [0.2, 0.25) is 0 Å². The minimum absolute atomic E-state index is 0.896. The second-order valence-electron chi connectivity index (χ2n) is 2.88. The summed E-state index contributed by atoms with van der Waals surface area (Å²) < 4.78 is 0. The Labute approximate surface area is 58.0 Å². The smallest absolute Gasteiger partial charge is 0.0236 e. The molecule has 0 aromatic carbocycles. The van der Waals surface area contributed by atoms with Gasteiger partial charge in [0.05, 0.1) is 0 Å². The monoisotopic (exact) mass is 124 g/mol. The Morgan fingerprint density at radius 3 is 3.11 bits per heavy atom. The van der Waals surface area contributed by atoms with E-state index in [9.17, 15) is 0 Å². The van der Waals surface area contributed by atoms with E-state index in [2.05, 4.69) is 19.1 Å². The van der Waals surface area contributed by atoms with Gasteiger partial charge in [-0.2, -0.15) is 0 Å². The van der Waals surface area contributed by atoms with E-state index in [0.29, 0.717) is 0 Å². The van der Waals surface area contributed by atoms with Gasteiger partial charge in [-0.3, -0.25) is 0 Å². The fourth-order valence-electron chi connectivity index (χ4n) is 1.39. The van der Waals surface area contributed by atoms with Crippen LogP contribution in [0.15, 0.2) is 12.2 Å². The van der Waals surface area contributed by atoms with Crippen LogP contribution in [0.5, 0.6) is 0 Å². The molecule has 1 aliphatic carbocycles. The maximum Gasteiger partial charge on any atom is -0.0236 e. The first-order valence-electron chi connectivity index (χ1n) is 4.10. The van der Waals surface area contributed by atoms with Crippen molar-refractivity contribution in [3.63, 3.8) is 0 Å². The average Bonchev–Trinajstić information content (AvgIpc) is 2.13. The van der Waals surface area contributed by atoms with Gasteiger partial charge in [-0.05, 0) is 31.6 Å². The summed E-state index contributed by atoms with van der Waals surface area (Å²) in [5.74, 6) is 0.896. The quantitative estimate of drug-likeness (QED) is 0.471. The molecular formula is C9H16. The molecule has 1 unspecified atom stereocenters. The zero-order chi connectivity index (χ0) is 6.53. The molecule has 0 saturated heterocycles. The predicted octanol–water partition coefficient (Wildman–Crippen LogP) is 3.14. The maximum atomic E-state index is 2.40. The van der Waals surface area contributed by atoms with Crippen LogP contribution in [0, 0.1) is 5.92 Å². The summed E-state index contributed by atoms with van der Waals surface area (Å²) in [6.07, 6.45) is 11.7. The van der Waals surface area contributed by atoms with E-state index in [1.807, 2.05) is 0 Å². The van der Waals surface area contributed by atoms with Crippen LogP contribution < -0.4 is 0 Å². The Morgan fingerprint density at radius 2 is 2.33 bits per heavy atom. The fraction of sp³-hybridized carbons (Fsp3) is 0.778. The molecule has 0 aromatic rings. The van der Waals surface area contributed by atoms with E-state index in [-0.39, 0.29) is 0 Å². The largest absolute Gasteiger partial charge is 0.0883 e. The maximum absolute atomic E-state index is 2.40. The highest BCUT2D eigenvalue weighted by molar-refractivity contribution is 4.90. The van der Waals surface area contributed by atoms with E-state index in [4.69, 9.17) is 0 Å². The van der Waals surface area contributed by atoms with Crippen LogP contribution in [0.25, 0.3) is 0 Å². The number of hydrogen-bond donors (Lipinski definition) is 0. The van der Waals surface area contributed by atoms with E-state index in [1.54, 1.807) is 0 Å². The summed E-state index contributed by atoms with van der Waals surface area (Å²) in [7, 11) is 0. The Balaban J connectivity index is 2.33. The molecule has 1 atom stereocenters. The topological polar surface area (TPSA) is 0 Å². The number of allylic oxidation sites excluding steroid dienone is 2. The van der Waals surface area contributed by atoms with Gasteiger partial charge >= 0.3 is 0 Å². The molecule has 1 aliphatic rings. The highest BCUT2D eigenvalue weighted by Gasteiger charge is 2.03. The highest BCUT2D eigenvalue weighted by Crippen LogP contribution is 2.18. The third-order valence-corrected chi connectivity index (χ3v) is 2.13. The Hall–Kier alpha value is -0.260. The molecule has 0 N–H and O–H groups in total. The van der Waals surface area contributed by atoms with Crippen molar-refractivity contribution in [1.82, 2.24) is 0 Å². The third kappa shape index (κ3) is 2.21. The van der Waals surface area contributed by atoms with Crippen LogP contribution in [0.1, 0.15) is 39.0 Å². The Bertz CT molecular complexity index is 92.2. The molecule has 52 valence electrons. The second-order valence-corrected chi connectivity index (χ2v) is 2.88. The highest BCUT2D eigenvalue weighted by atomic mass is 14.1. The first-order chi connectivity index (χ1) is 4.43. The summed E-state index contributed by atoms with van der Waals surface area (Å²) in [6, 6.07) is 0. The Morgan fingerprint density at radius 1 is 1.44 bits per heavy atom. The van der Waals surface area contributed by atoms with Crippen molar-refractivity contribution in [3.05, 3.63) is 12.2 Å². The van der Waals surface area contributed by atoms with Gasteiger partial charge in [-0.15, -0.1) is 0 Å². The van der Waals surface area contributed by atoms with E-state index in [0.717, 1.165) is 5.92 Å². The van der Waals surface area contributed by atoms with Crippen molar-refractivity contribution in [3.8, 4) is 0 Å². The first-order valence-corrected chi connectivity index (χ1v) is 4.10. The van der Waals surface area contributed by atoms with Gasteiger partial charge in [0.1, 0.15) is 0 Å². The summed E-state index contributed by atoms with van der Waals surface area (Å²) in [5.41, 5.74) is 0. The van der Waals surface area contributed by atoms with Crippen LogP contribution in [0.3, 0.4) is 0 Å². The van der Waals surface area contributed by atoms with Crippen molar-refractivity contribution in [2.75, 3.05) is 0 Å². The van der Waals surface area contributed by atoms with Crippen LogP contribution >= 0.6 is 0 Å². The molecule has 0 bridgehead atoms. The SMILES string of the molecule is CCC1C=CCCCC1. The van der Waals surface area contributed by atoms with Crippen LogP contribution in [-0.4, -0.2) is 0 Å². The molecule has 0 aromatic heterocycles. The van der Waals surface area contributed by atoms with Gasteiger partial charge in [0.25, 0.3) is 0 Å². The molecular weight excluding hydrogens is 108 g/mol. The van der Waals surface area contributed by atoms with Gasteiger partial charge in [-0.25, -0.2) is 0 Å². The zero-order valence-corrected chi connectivity index (χ0v) is 6.27. The molecule has 0 amide bonds. The molecule has 0 spiro atoms. The van der Waals surface area contributed by atoms with Crippen LogP contribution in [-0.2, 0) is 0 Å². The fourth-order valence-corrected chi connectivity index (χ4v) is 1.39. The second kappa shape index (κ2) is 3.71. The third-order valence-electron chi connectivity index (χ3n) is 2.13. The standard InChI is InChI=1S/C9H16/c1-2-9-7-5-3-4-6-8-9/h5,7,9H,2-4,6,8H2,1H3. The Kier molecular flexibility index (Phi) is 2.82. The van der Waals surface area contributed by atoms with Crippen molar-refractivity contribution < 1.29 is 0 Å². The van der Waals surface area contributed by atoms with Gasteiger partial charge in [0.2, 0.25) is 0 Å². The molecule has 0 heteroatoms. The normalized spacial score (nSPS) is 27.9. The average molecular weight is 124 g/mol. The molecule has 0 nitrogen and oxygen atoms in total. The van der Waals surface area contributed by atoms with Gasteiger partial charge in [0, 0.05) is 0 Å². The van der Waals surface area contributed by atoms with Gasteiger partial charge < -0.3 is 0 Å². The molecule has 0 radical (unpaired) electrons. The van der Waals surface area contributed by atoms with Gasteiger partial charge in [0.15, 0.2) is 0 Å². The lowest BCUT2D eigenvalue weighted by atomic mass is 10.0. The minimum atomic E-state index is 0.896. The van der Waals surface area contributed by atoms with E-state index < -0.39 is 0 Å². The van der Waals surface area contributed by atoms with Crippen molar-refractivity contribution in [1.29, 1.82) is 0 Å². The lowest BCUT2D eigenvalue weighted by molar-refractivity contribution is 0.547. The summed E-state index contributed by atoms with van der Waals surface area (Å²) in [5, 5.41) is 0.